The van der Waals surface area contributed by atoms with Gasteiger partial charge in [0, 0.05) is 19.0 Å². The van der Waals surface area contributed by atoms with Crippen molar-refractivity contribution >= 4 is 54.1 Å². The van der Waals surface area contributed by atoms with E-state index in [0.29, 0.717) is 5.56 Å². The van der Waals surface area contributed by atoms with Gasteiger partial charge in [-0.3, -0.25) is 4.79 Å². The highest BCUT2D eigenvalue weighted by Crippen LogP contribution is 2.31. The van der Waals surface area contributed by atoms with Gasteiger partial charge in [0.15, 0.2) is 0 Å². The second-order valence-electron chi connectivity index (χ2n) is 1.86. The predicted octanol–water partition coefficient (Wildman–Crippen LogP) is 3.43. The molecule has 0 aliphatic carbocycles. The number of rotatable bonds is 1. The van der Waals surface area contributed by atoms with Gasteiger partial charge in [0.05, 0.1) is 0 Å². The van der Waals surface area contributed by atoms with E-state index in [-0.39, 0.29) is 0 Å². The molecule has 0 N–H and O–H groups in total. The second-order valence-corrected chi connectivity index (χ2v) is 4.36. The SMILES string of the molecule is O=[C]c1cc(Br)c(Br)c(Br)c1. The molecule has 1 aromatic carbocycles. The van der Waals surface area contributed by atoms with Crippen molar-refractivity contribution in [2.75, 3.05) is 0 Å². The summed E-state index contributed by atoms with van der Waals surface area (Å²) in [6.45, 7) is 0. The molecule has 11 heavy (non-hydrogen) atoms. The summed E-state index contributed by atoms with van der Waals surface area (Å²) in [6.07, 6.45) is 1.81. The molecule has 0 amide bonds. The minimum absolute atomic E-state index is 0.520. The molecule has 1 aromatic rings. The topological polar surface area (TPSA) is 17.1 Å². The lowest BCUT2D eigenvalue weighted by Crippen LogP contribution is -1.81. The highest BCUT2D eigenvalue weighted by atomic mass is 79.9. The van der Waals surface area contributed by atoms with Crippen LogP contribution in [0.25, 0.3) is 0 Å². The Morgan fingerprint density at radius 1 is 1.09 bits per heavy atom. The molecule has 0 bridgehead atoms. The minimum Gasteiger partial charge on any atom is -0.285 e. The normalized spacial score (nSPS) is 9.73. The lowest BCUT2D eigenvalue weighted by molar-refractivity contribution is 0.562. The molecule has 0 unspecified atom stereocenters. The van der Waals surface area contributed by atoms with Crippen LogP contribution in [-0.4, -0.2) is 6.29 Å². The van der Waals surface area contributed by atoms with Crippen LogP contribution >= 0.6 is 47.8 Å². The Morgan fingerprint density at radius 3 is 1.91 bits per heavy atom. The number of hydrogen-bond acceptors (Lipinski definition) is 1. The molecule has 1 rings (SSSR count). The number of hydrogen-bond donors (Lipinski definition) is 0. The third-order valence-electron chi connectivity index (χ3n) is 1.10. The van der Waals surface area contributed by atoms with Crippen LogP contribution in [0.4, 0.5) is 0 Å². The molecule has 57 valence electrons. The van der Waals surface area contributed by atoms with Crippen molar-refractivity contribution in [2.45, 2.75) is 0 Å². The van der Waals surface area contributed by atoms with Gasteiger partial charge in [-0.1, -0.05) is 0 Å². The van der Waals surface area contributed by atoms with E-state index in [1.165, 1.54) is 0 Å². The van der Waals surface area contributed by atoms with Gasteiger partial charge in [0.1, 0.15) is 0 Å². The molecule has 0 saturated heterocycles. The number of halogens is 3. The van der Waals surface area contributed by atoms with Gasteiger partial charge >= 0.3 is 0 Å². The van der Waals surface area contributed by atoms with Crippen molar-refractivity contribution < 1.29 is 4.79 Å². The molecule has 1 nitrogen and oxygen atoms in total. The van der Waals surface area contributed by atoms with Gasteiger partial charge in [0.2, 0.25) is 6.29 Å². The van der Waals surface area contributed by atoms with E-state index in [4.69, 9.17) is 0 Å². The van der Waals surface area contributed by atoms with Gasteiger partial charge in [0.25, 0.3) is 0 Å². The fraction of sp³-hybridized carbons (Fsp3) is 0. The van der Waals surface area contributed by atoms with Crippen molar-refractivity contribution in [3.05, 3.63) is 31.1 Å². The van der Waals surface area contributed by atoms with Crippen LogP contribution in [0, 0.1) is 0 Å². The average molecular weight is 342 g/mol. The Hall–Kier alpha value is 0.330. The van der Waals surface area contributed by atoms with Crippen molar-refractivity contribution in [1.82, 2.24) is 0 Å². The minimum atomic E-state index is 0.520. The lowest BCUT2D eigenvalue weighted by Gasteiger charge is -1.99. The molecule has 0 fully saturated rings. The van der Waals surface area contributed by atoms with Crippen LogP contribution in [0.15, 0.2) is 25.6 Å². The zero-order valence-corrected chi connectivity index (χ0v) is 9.95. The molecule has 0 aliphatic heterocycles. The standard InChI is InChI=1S/C7H2Br3O/c8-5-1-4(3-11)2-6(9)7(5)10/h1-2H. The van der Waals surface area contributed by atoms with Crippen molar-refractivity contribution in [1.29, 1.82) is 0 Å². The Balaban J connectivity index is 3.31. The molecular weight excluding hydrogens is 340 g/mol. The molecule has 0 aliphatic rings. The monoisotopic (exact) mass is 339 g/mol. The van der Waals surface area contributed by atoms with Gasteiger partial charge in [-0.15, -0.1) is 0 Å². The molecule has 0 heterocycles. The fourth-order valence-electron chi connectivity index (χ4n) is 0.614. The van der Waals surface area contributed by atoms with E-state index in [0.717, 1.165) is 13.4 Å². The van der Waals surface area contributed by atoms with E-state index in [9.17, 15) is 4.79 Å². The van der Waals surface area contributed by atoms with Crippen molar-refractivity contribution in [2.24, 2.45) is 0 Å². The molecule has 0 atom stereocenters. The maximum Gasteiger partial charge on any atom is 0.233 e. The van der Waals surface area contributed by atoms with Gasteiger partial charge in [-0.05, 0) is 59.9 Å². The summed E-state index contributed by atoms with van der Waals surface area (Å²) < 4.78 is 2.58. The Bertz CT molecular complexity index is 273. The van der Waals surface area contributed by atoms with Crippen LogP contribution < -0.4 is 0 Å². The highest BCUT2D eigenvalue weighted by Gasteiger charge is 2.03. The summed E-state index contributed by atoms with van der Waals surface area (Å²) >= 11 is 9.88. The van der Waals surface area contributed by atoms with E-state index in [1.807, 2.05) is 0 Å². The molecule has 0 spiro atoms. The van der Waals surface area contributed by atoms with E-state index in [2.05, 4.69) is 47.8 Å². The summed E-state index contributed by atoms with van der Waals surface area (Å²) in [7, 11) is 0. The zero-order valence-electron chi connectivity index (χ0n) is 5.20. The van der Waals surface area contributed by atoms with E-state index < -0.39 is 0 Å². The first-order valence-corrected chi connectivity index (χ1v) is 5.05. The average Bonchev–Trinajstić information content (AvgIpc) is 1.99. The maximum absolute atomic E-state index is 10.2. The summed E-state index contributed by atoms with van der Waals surface area (Å²) in [4.78, 5) is 10.2. The Kier molecular flexibility index (Phi) is 3.28. The summed E-state index contributed by atoms with van der Waals surface area (Å²) in [5, 5.41) is 0. The van der Waals surface area contributed by atoms with Gasteiger partial charge < -0.3 is 0 Å². The Morgan fingerprint density at radius 2 is 1.55 bits per heavy atom. The quantitative estimate of drug-likeness (QED) is 0.715. The summed E-state index contributed by atoms with van der Waals surface area (Å²) in [6, 6.07) is 3.39. The molecule has 0 saturated carbocycles. The molecule has 4 heteroatoms. The van der Waals surface area contributed by atoms with Crippen LogP contribution in [0.1, 0.15) is 5.56 Å². The largest absolute Gasteiger partial charge is 0.285 e. The van der Waals surface area contributed by atoms with Gasteiger partial charge in [-0.25, -0.2) is 0 Å². The first-order valence-electron chi connectivity index (χ1n) is 2.68. The van der Waals surface area contributed by atoms with Crippen molar-refractivity contribution in [3.8, 4) is 0 Å². The molecule has 1 radical (unpaired) electrons. The smallest absolute Gasteiger partial charge is 0.233 e. The Labute approximate surface area is 89.6 Å². The van der Waals surface area contributed by atoms with Crippen LogP contribution in [-0.2, 0) is 4.79 Å². The lowest BCUT2D eigenvalue weighted by atomic mass is 10.2. The third-order valence-corrected chi connectivity index (χ3v) is 4.27. The zero-order chi connectivity index (χ0) is 8.43. The van der Waals surface area contributed by atoms with Crippen LogP contribution in [0.5, 0.6) is 0 Å². The first kappa shape index (κ1) is 9.42. The summed E-state index contributed by atoms with van der Waals surface area (Å²) in [5.41, 5.74) is 0.520. The van der Waals surface area contributed by atoms with Crippen molar-refractivity contribution in [3.63, 3.8) is 0 Å². The number of benzene rings is 1. The highest BCUT2D eigenvalue weighted by molar-refractivity contribution is 9.14. The van der Waals surface area contributed by atoms with E-state index in [1.54, 1.807) is 18.4 Å². The predicted molar refractivity (Wildman–Crippen MR) is 54.3 cm³/mol. The fourth-order valence-corrected chi connectivity index (χ4v) is 2.03. The maximum atomic E-state index is 10.2. The first-order chi connectivity index (χ1) is 5.15. The second kappa shape index (κ2) is 3.83. The molecular formula is C7H2Br3O. The number of carbonyl (C=O) groups excluding carboxylic acids is 1. The van der Waals surface area contributed by atoms with Crippen LogP contribution in [0.3, 0.4) is 0 Å². The third kappa shape index (κ3) is 2.13. The van der Waals surface area contributed by atoms with E-state index >= 15 is 0 Å². The summed E-state index contributed by atoms with van der Waals surface area (Å²) in [5.74, 6) is 0. The van der Waals surface area contributed by atoms with Crippen LogP contribution in [0.2, 0.25) is 0 Å². The van der Waals surface area contributed by atoms with Gasteiger partial charge in [-0.2, -0.15) is 0 Å². The molecule has 0 aromatic heterocycles.